The Morgan fingerprint density at radius 1 is 1.42 bits per heavy atom. The van der Waals surface area contributed by atoms with E-state index in [4.69, 9.17) is 0 Å². The van der Waals surface area contributed by atoms with Crippen LogP contribution in [0.5, 0.6) is 5.75 Å². The Balaban J connectivity index is 1.85. The van der Waals surface area contributed by atoms with Crippen LogP contribution in [-0.2, 0) is 11.2 Å². The molecular formula is C15H22N2O2. The molecule has 0 heterocycles. The standard InChI is InChI=1S/C15H22N2O2/c1-17(2)15(7-4-8-15)11-16-14(19)10-12-5-3-6-13(18)9-12/h3,5-6,9,18H,4,7-8,10-11H2,1-2H3,(H,16,19). The summed E-state index contributed by atoms with van der Waals surface area (Å²) in [6.45, 7) is 0.706. The van der Waals surface area contributed by atoms with E-state index in [9.17, 15) is 9.90 Å². The summed E-state index contributed by atoms with van der Waals surface area (Å²) in [6, 6.07) is 6.84. The van der Waals surface area contributed by atoms with Gasteiger partial charge in [-0.15, -0.1) is 0 Å². The second kappa shape index (κ2) is 5.61. The van der Waals surface area contributed by atoms with Crippen LogP contribution in [-0.4, -0.2) is 42.1 Å². The minimum Gasteiger partial charge on any atom is -0.508 e. The molecule has 4 heteroatoms. The highest BCUT2D eigenvalue weighted by molar-refractivity contribution is 5.78. The topological polar surface area (TPSA) is 52.6 Å². The number of amides is 1. The van der Waals surface area contributed by atoms with Gasteiger partial charge in [-0.3, -0.25) is 4.79 Å². The van der Waals surface area contributed by atoms with E-state index in [0.29, 0.717) is 13.0 Å². The van der Waals surface area contributed by atoms with Gasteiger partial charge in [0.05, 0.1) is 6.42 Å². The van der Waals surface area contributed by atoms with Crippen molar-refractivity contribution < 1.29 is 9.90 Å². The summed E-state index contributed by atoms with van der Waals surface area (Å²) >= 11 is 0. The first kappa shape index (κ1) is 13.9. The first-order chi connectivity index (χ1) is 9.02. The van der Waals surface area contributed by atoms with Gasteiger partial charge in [0.2, 0.25) is 5.91 Å². The zero-order valence-electron chi connectivity index (χ0n) is 11.6. The molecule has 0 bridgehead atoms. The molecule has 0 spiro atoms. The normalized spacial score (nSPS) is 17.0. The van der Waals surface area contributed by atoms with Crippen molar-refractivity contribution >= 4 is 5.91 Å². The molecule has 0 atom stereocenters. The molecule has 1 aromatic carbocycles. The molecule has 0 saturated heterocycles. The molecule has 1 amide bonds. The Hall–Kier alpha value is -1.55. The lowest BCUT2D eigenvalue weighted by molar-refractivity contribution is -0.121. The number of hydrogen-bond acceptors (Lipinski definition) is 3. The molecule has 19 heavy (non-hydrogen) atoms. The highest BCUT2D eigenvalue weighted by Gasteiger charge is 2.39. The summed E-state index contributed by atoms with van der Waals surface area (Å²) < 4.78 is 0. The van der Waals surface area contributed by atoms with E-state index in [2.05, 4.69) is 24.3 Å². The Kier molecular flexibility index (Phi) is 4.10. The predicted molar refractivity (Wildman–Crippen MR) is 75.1 cm³/mol. The fourth-order valence-corrected chi connectivity index (χ4v) is 2.54. The van der Waals surface area contributed by atoms with Crippen molar-refractivity contribution in [2.45, 2.75) is 31.2 Å². The average Bonchev–Trinajstić information content (AvgIpc) is 2.26. The summed E-state index contributed by atoms with van der Waals surface area (Å²) in [5, 5.41) is 12.4. The zero-order chi connectivity index (χ0) is 13.9. The SMILES string of the molecule is CN(C)C1(CNC(=O)Cc2cccc(O)c2)CCC1. The van der Waals surface area contributed by atoms with Gasteiger partial charge in [0, 0.05) is 12.1 Å². The number of hydrogen-bond donors (Lipinski definition) is 2. The van der Waals surface area contributed by atoms with Crippen LogP contribution in [0.3, 0.4) is 0 Å². The molecule has 0 aliphatic heterocycles. The first-order valence-corrected chi connectivity index (χ1v) is 6.74. The van der Waals surface area contributed by atoms with Gasteiger partial charge in [0.25, 0.3) is 0 Å². The van der Waals surface area contributed by atoms with E-state index in [1.54, 1.807) is 18.2 Å². The lowest BCUT2D eigenvalue weighted by atomic mass is 9.75. The Morgan fingerprint density at radius 2 is 2.16 bits per heavy atom. The smallest absolute Gasteiger partial charge is 0.224 e. The third-order valence-electron chi connectivity index (χ3n) is 4.12. The van der Waals surface area contributed by atoms with Crippen LogP contribution in [0.4, 0.5) is 0 Å². The zero-order valence-corrected chi connectivity index (χ0v) is 11.6. The fourth-order valence-electron chi connectivity index (χ4n) is 2.54. The van der Waals surface area contributed by atoms with E-state index >= 15 is 0 Å². The summed E-state index contributed by atoms with van der Waals surface area (Å²) in [7, 11) is 4.14. The first-order valence-electron chi connectivity index (χ1n) is 6.74. The van der Waals surface area contributed by atoms with Crippen molar-refractivity contribution in [1.82, 2.24) is 10.2 Å². The number of phenols is 1. The third kappa shape index (κ3) is 3.26. The monoisotopic (exact) mass is 262 g/mol. The summed E-state index contributed by atoms with van der Waals surface area (Å²) in [5.41, 5.74) is 0.985. The van der Waals surface area contributed by atoms with E-state index in [1.165, 1.54) is 6.42 Å². The maximum Gasteiger partial charge on any atom is 0.224 e. The van der Waals surface area contributed by atoms with Crippen molar-refractivity contribution in [3.8, 4) is 5.75 Å². The molecule has 0 unspecified atom stereocenters. The highest BCUT2D eigenvalue weighted by atomic mass is 16.3. The van der Waals surface area contributed by atoms with E-state index < -0.39 is 0 Å². The molecule has 2 N–H and O–H groups in total. The predicted octanol–water partition coefficient (Wildman–Crippen LogP) is 1.54. The molecule has 4 nitrogen and oxygen atoms in total. The van der Waals surface area contributed by atoms with Gasteiger partial charge in [0.15, 0.2) is 0 Å². The van der Waals surface area contributed by atoms with Gasteiger partial charge in [-0.05, 0) is 51.1 Å². The average molecular weight is 262 g/mol. The van der Waals surface area contributed by atoms with Gasteiger partial charge in [0.1, 0.15) is 5.75 Å². The van der Waals surface area contributed by atoms with E-state index in [1.807, 2.05) is 6.07 Å². The van der Waals surface area contributed by atoms with Crippen LogP contribution in [0.2, 0.25) is 0 Å². The van der Waals surface area contributed by atoms with Crippen molar-refractivity contribution in [2.24, 2.45) is 0 Å². The maximum absolute atomic E-state index is 11.9. The van der Waals surface area contributed by atoms with Crippen LogP contribution in [0.15, 0.2) is 24.3 Å². The highest BCUT2D eigenvalue weighted by Crippen LogP contribution is 2.35. The number of likely N-dealkylation sites (N-methyl/N-ethyl adjacent to an activating group) is 1. The molecule has 1 aliphatic carbocycles. The van der Waals surface area contributed by atoms with Crippen molar-refractivity contribution in [2.75, 3.05) is 20.6 Å². The Bertz CT molecular complexity index is 453. The van der Waals surface area contributed by atoms with Crippen molar-refractivity contribution in [1.29, 1.82) is 0 Å². The number of benzene rings is 1. The molecule has 104 valence electrons. The molecule has 0 radical (unpaired) electrons. The van der Waals surface area contributed by atoms with Gasteiger partial charge in [-0.2, -0.15) is 0 Å². The van der Waals surface area contributed by atoms with Crippen LogP contribution in [0.25, 0.3) is 0 Å². The second-order valence-corrected chi connectivity index (χ2v) is 5.60. The van der Waals surface area contributed by atoms with E-state index in [0.717, 1.165) is 18.4 Å². The van der Waals surface area contributed by atoms with Gasteiger partial charge in [-0.1, -0.05) is 12.1 Å². The van der Waals surface area contributed by atoms with Gasteiger partial charge in [-0.25, -0.2) is 0 Å². The minimum absolute atomic E-state index is 0.0127. The molecule has 1 fully saturated rings. The molecular weight excluding hydrogens is 240 g/mol. The van der Waals surface area contributed by atoms with E-state index in [-0.39, 0.29) is 17.2 Å². The second-order valence-electron chi connectivity index (χ2n) is 5.60. The maximum atomic E-state index is 11.9. The summed E-state index contributed by atoms with van der Waals surface area (Å²) in [4.78, 5) is 14.1. The van der Waals surface area contributed by atoms with Crippen LogP contribution in [0.1, 0.15) is 24.8 Å². The number of rotatable bonds is 5. The third-order valence-corrected chi connectivity index (χ3v) is 4.12. The number of carbonyl (C=O) groups is 1. The number of phenolic OH excluding ortho intramolecular Hbond substituents is 1. The van der Waals surface area contributed by atoms with Crippen LogP contribution < -0.4 is 5.32 Å². The van der Waals surface area contributed by atoms with Crippen LogP contribution in [0, 0.1) is 0 Å². The molecule has 1 aromatic rings. The molecule has 0 aromatic heterocycles. The molecule has 1 aliphatic rings. The number of aromatic hydroxyl groups is 1. The molecule has 2 rings (SSSR count). The number of carbonyl (C=O) groups excluding carboxylic acids is 1. The lowest BCUT2D eigenvalue weighted by Gasteiger charge is -2.47. The Morgan fingerprint density at radius 3 is 2.68 bits per heavy atom. The summed E-state index contributed by atoms with van der Waals surface area (Å²) in [6.07, 6.45) is 3.84. The fraction of sp³-hybridized carbons (Fsp3) is 0.533. The minimum atomic E-state index is 0.0127. The largest absolute Gasteiger partial charge is 0.508 e. The lowest BCUT2D eigenvalue weighted by Crippen LogP contribution is -2.57. The van der Waals surface area contributed by atoms with Crippen molar-refractivity contribution in [3.05, 3.63) is 29.8 Å². The quantitative estimate of drug-likeness (QED) is 0.846. The van der Waals surface area contributed by atoms with Crippen molar-refractivity contribution in [3.63, 3.8) is 0 Å². The molecule has 1 saturated carbocycles. The van der Waals surface area contributed by atoms with Gasteiger partial charge >= 0.3 is 0 Å². The number of nitrogens with one attached hydrogen (secondary N) is 1. The number of nitrogens with zero attached hydrogens (tertiary/aromatic N) is 1. The van der Waals surface area contributed by atoms with Crippen LogP contribution >= 0.6 is 0 Å². The van der Waals surface area contributed by atoms with Gasteiger partial charge < -0.3 is 15.3 Å². The summed E-state index contributed by atoms with van der Waals surface area (Å²) in [5.74, 6) is 0.216. The Labute approximate surface area is 114 Å².